The van der Waals surface area contributed by atoms with Gasteiger partial charge in [-0.3, -0.25) is 9.36 Å². The maximum atomic E-state index is 12.5. The van der Waals surface area contributed by atoms with Gasteiger partial charge in [0.2, 0.25) is 5.91 Å². The van der Waals surface area contributed by atoms with Gasteiger partial charge in [0.05, 0.1) is 5.52 Å². The topological polar surface area (TPSA) is 25.2 Å². The van der Waals surface area contributed by atoms with E-state index in [1.54, 1.807) is 4.57 Å². The number of hydrogen-bond acceptors (Lipinski definition) is 2. The molecule has 0 aliphatic heterocycles. The summed E-state index contributed by atoms with van der Waals surface area (Å²) >= 11 is 0. The van der Waals surface area contributed by atoms with Crippen LogP contribution in [0, 0.1) is 0 Å². The molecule has 0 saturated heterocycles. The number of fused-ring (bicyclic) bond motifs is 1. The Kier molecular flexibility index (Phi) is 4.07. The number of benzene rings is 2. The molecular weight excluding hydrogens is 272 g/mol. The standard InChI is InChI=1S/C19H20N2O/c1-20(2)13-12-19(22)21-14-17(15-8-4-3-5-9-15)16-10-6-7-11-18(16)21/h3-11,14H,12-13H2,1-2H3. The minimum absolute atomic E-state index is 0.132. The van der Waals surface area contributed by atoms with Crippen LogP contribution in [0.4, 0.5) is 0 Å². The second-order valence-electron chi connectivity index (χ2n) is 5.74. The molecule has 22 heavy (non-hydrogen) atoms. The van der Waals surface area contributed by atoms with Crippen LogP contribution in [0.5, 0.6) is 0 Å². The highest BCUT2D eigenvalue weighted by Gasteiger charge is 2.14. The summed E-state index contributed by atoms with van der Waals surface area (Å²) in [7, 11) is 3.97. The summed E-state index contributed by atoms with van der Waals surface area (Å²) in [6.07, 6.45) is 2.48. The average Bonchev–Trinajstić information content (AvgIpc) is 2.93. The Morgan fingerprint density at radius 2 is 1.68 bits per heavy atom. The predicted octanol–water partition coefficient (Wildman–Crippen LogP) is 3.90. The third-order valence-corrected chi connectivity index (χ3v) is 3.84. The van der Waals surface area contributed by atoms with Crippen LogP contribution in [0.15, 0.2) is 60.8 Å². The first-order valence-electron chi connectivity index (χ1n) is 7.50. The van der Waals surface area contributed by atoms with Crippen LogP contribution in [0.1, 0.15) is 11.2 Å². The summed E-state index contributed by atoms with van der Waals surface area (Å²) in [5.41, 5.74) is 3.22. The SMILES string of the molecule is CN(C)CCC(=O)n1cc(-c2ccccc2)c2ccccc21. The minimum Gasteiger partial charge on any atom is -0.309 e. The van der Waals surface area contributed by atoms with Gasteiger partial charge < -0.3 is 4.90 Å². The van der Waals surface area contributed by atoms with Gasteiger partial charge in [-0.1, -0.05) is 48.5 Å². The van der Waals surface area contributed by atoms with Crippen LogP contribution >= 0.6 is 0 Å². The molecule has 0 spiro atoms. The van der Waals surface area contributed by atoms with Crippen molar-refractivity contribution < 1.29 is 4.79 Å². The molecule has 0 aliphatic carbocycles. The van der Waals surface area contributed by atoms with Crippen LogP contribution < -0.4 is 0 Å². The minimum atomic E-state index is 0.132. The highest BCUT2D eigenvalue weighted by molar-refractivity contribution is 6.01. The number of carbonyl (C=O) groups excluding carboxylic acids is 1. The van der Waals surface area contributed by atoms with E-state index in [1.165, 1.54) is 0 Å². The lowest BCUT2D eigenvalue weighted by atomic mass is 10.1. The van der Waals surface area contributed by atoms with Crippen molar-refractivity contribution in [3.8, 4) is 11.1 Å². The molecule has 0 atom stereocenters. The number of rotatable bonds is 4. The van der Waals surface area contributed by atoms with E-state index in [9.17, 15) is 4.79 Å². The Labute approximate surface area is 130 Å². The van der Waals surface area contributed by atoms with Gasteiger partial charge >= 0.3 is 0 Å². The molecule has 0 unspecified atom stereocenters. The lowest BCUT2D eigenvalue weighted by Crippen LogP contribution is -2.19. The molecule has 0 amide bonds. The van der Waals surface area contributed by atoms with Crippen molar-refractivity contribution in [1.29, 1.82) is 0 Å². The van der Waals surface area contributed by atoms with Gasteiger partial charge in [0, 0.05) is 30.1 Å². The first-order valence-corrected chi connectivity index (χ1v) is 7.50. The van der Waals surface area contributed by atoms with Crippen molar-refractivity contribution in [1.82, 2.24) is 9.47 Å². The molecule has 0 radical (unpaired) electrons. The van der Waals surface area contributed by atoms with Crippen LogP contribution in [-0.4, -0.2) is 36.0 Å². The Morgan fingerprint density at radius 1 is 1.00 bits per heavy atom. The van der Waals surface area contributed by atoms with E-state index in [2.05, 4.69) is 18.2 Å². The van der Waals surface area contributed by atoms with E-state index in [4.69, 9.17) is 0 Å². The number of para-hydroxylation sites is 1. The third-order valence-electron chi connectivity index (χ3n) is 3.84. The van der Waals surface area contributed by atoms with Gasteiger partial charge in [0.15, 0.2) is 0 Å². The highest BCUT2D eigenvalue weighted by Crippen LogP contribution is 2.30. The van der Waals surface area contributed by atoms with Gasteiger partial charge in [0.1, 0.15) is 0 Å². The summed E-state index contributed by atoms with van der Waals surface area (Å²) < 4.78 is 1.79. The average molecular weight is 292 g/mol. The van der Waals surface area contributed by atoms with E-state index in [0.717, 1.165) is 28.6 Å². The molecule has 3 nitrogen and oxygen atoms in total. The third kappa shape index (κ3) is 2.81. The molecule has 3 rings (SSSR count). The monoisotopic (exact) mass is 292 g/mol. The summed E-state index contributed by atoms with van der Waals surface area (Å²) in [6, 6.07) is 18.3. The van der Waals surface area contributed by atoms with Gasteiger partial charge in [-0.05, 0) is 25.7 Å². The summed E-state index contributed by atoms with van der Waals surface area (Å²) in [5, 5.41) is 1.12. The van der Waals surface area contributed by atoms with Gasteiger partial charge in [-0.15, -0.1) is 0 Å². The van der Waals surface area contributed by atoms with Crippen molar-refractivity contribution >= 4 is 16.8 Å². The van der Waals surface area contributed by atoms with E-state index in [1.807, 2.05) is 61.6 Å². The van der Waals surface area contributed by atoms with Crippen molar-refractivity contribution in [3.05, 3.63) is 60.8 Å². The fraction of sp³-hybridized carbons (Fsp3) is 0.211. The molecular formula is C19H20N2O. The summed E-state index contributed by atoms with van der Waals surface area (Å²) in [6.45, 7) is 0.756. The van der Waals surface area contributed by atoms with Crippen LogP contribution in [-0.2, 0) is 0 Å². The van der Waals surface area contributed by atoms with Crippen LogP contribution in [0.3, 0.4) is 0 Å². The normalized spacial score (nSPS) is 11.2. The number of aromatic nitrogens is 1. The van der Waals surface area contributed by atoms with Gasteiger partial charge in [-0.2, -0.15) is 0 Å². The summed E-state index contributed by atoms with van der Waals surface area (Å²) in [5.74, 6) is 0.132. The Morgan fingerprint density at radius 3 is 2.41 bits per heavy atom. The van der Waals surface area contributed by atoms with E-state index >= 15 is 0 Å². The smallest absolute Gasteiger partial charge is 0.232 e. The first kappa shape index (κ1) is 14.5. The van der Waals surface area contributed by atoms with Crippen molar-refractivity contribution in [2.24, 2.45) is 0 Å². The molecule has 0 saturated carbocycles. The van der Waals surface area contributed by atoms with Crippen LogP contribution in [0.25, 0.3) is 22.0 Å². The fourth-order valence-electron chi connectivity index (χ4n) is 2.67. The van der Waals surface area contributed by atoms with Gasteiger partial charge in [-0.25, -0.2) is 0 Å². The molecule has 112 valence electrons. The number of carbonyl (C=O) groups is 1. The Hall–Kier alpha value is -2.39. The number of nitrogens with zero attached hydrogens (tertiary/aromatic N) is 2. The van der Waals surface area contributed by atoms with E-state index < -0.39 is 0 Å². The first-order chi connectivity index (χ1) is 10.7. The summed E-state index contributed by atoms with van der Waals surface area (Å²) in [4.78, 5) is 14.6. The molecule has 0 aliphatic rings. The quantitative estimate of drug-likeness (QED) is 0.728. The van der Waals surface area contributed by atoms with E-state index in [-0.39, 0.29) is 5.91 Å². The molecule has 0 N–H and O–H groups in total. The zero-order chi connectivity index (χ0) is 15.5. The molecule has 0 bridgehead atoms. The lowest BCUT2D eigenvalue weighted by Gasteiger charge is -2.09. The lowest BCUT2D eigenvalue weighted by molar-refractivity contribution is 0.0897. The van der Waals surface area contributed by atoms with Crippen molar-refractivity contribution in [2.45, 2.75) is 6.42 Å². The highest BCUT2D eigenvalue weighted by atomic mass is 16.2. The number of hydrogen-bond donors (Lipinski definition) is 0. The molecule has 1 heterocycles. The maximum Gasteiger partial charge on any atom is 0.232 e. The Bertz CT molecular complexity index is 788. The molecule has 1 aromatic heterocycles. The second kappa shape index (κ2) is 6.16. The molecule has 3 aromatic rings. The molecule has 3 heteroatoms. The van der Waals surface area contributed by atoms with E-state index in [0.29, 0.717) is 6.42 Å². The van der Waals surface area contributed by atoms with Crippen molar-refractivity contribution in [3.63, 3.8) is 0 Å². The van der Waals surface area contributed by atoms with Gasteiger partial charge in [0.25, 0.3) is 0 Å². The largest absolute Gasteiger partial charge is 0.309 e. The fourth-order valence-corrected chi connectivity index (χ4v) is 2.67. The van der Waals surface area contributed by atoms with Crippen molar-refractivity contribution in [2.75, 3.05) is 20.6 Å². The van der Waals surface area contributed by atoms with Crippen LogP contribution in [0.2, 0.25) is 0 Å². The molecule has 0 fully saturated rings. The molecule has 2 aromatic carbocycles. The zero-order valence-corrected chi connectivity index (χ0v) is 13.0. The Balaban J connectivity index is 2.07. The zero-order valence-electron chi connectivity index (χ0n) is 13.0. The predicted molar refractivity (Wildman–Crippen MR) is 91.2 cm³/mol. The maximum absolute atomic E-state index is 12.5. The second-order valence-corrected chi connectivity index (χ2v) is 5.74.